The van der Waals surface area contributed by atoms with Crippen molar-refractivity contribution < 1.29 is 14.7 Å². The summed E-state index contributed by atoms with van der Waals surface area (Å²) >= 11 is 0. The van der Waals surface area contributed by atoms with Gasteiger partial charge in [0.05, 0.1) is 6.33 Å². The van der Waals surface area contributed by atoms with Crippen molar-refractivity contribution in [3.05, 3.63) is 47.8 Å². The second-order valence-corrected chi connectivity index (χ2v) is 4.53. The first-order valence-corrected chi connectivity index (χ1v) is 6.13. The summed E-state index contributed by atoms with van der Waals surface area (Å²) in [7, 11) is 0. The van der Waals surface area contributed by atoms with Crippen molar-refractivity contribution in [2.75, 3.05) is 6.54 Å². The highest BCUT2D eigenvalue weighted by Gasteiger charge is 2.30. The molecule has 1 N–H and O–H groups in total. The molecule has 20 heavy (non-hydrogen) atoms. The van der Waals surface area contributed by atoms with Gasteiger partial charge in [0.25, 0.3) is 5.91 Å². The zero-order valence-electron chi connectivity index (χ0n) is 10.6. The molecule has 2 aromatic rings. The number of carbonyl (C=O) groups is 2. The standard InChI is InChI=1S/C13H12N4O3/c18-12-11-10(13(19)20)15-8-17(11)5-4-16(12)7-9-2-1-3-14-6-9/h1-3,6,8H,4-5,7H2,(H,19,20). The molecule has 0 aromatic carbocycles. The van der Waals surface area contributed by atoms with Gasteiger partial charge in [0.2, 0.25) is 0 Å². The van der Waals surface area contributed by atoms with Gasteiger partial charge in [0.15, 0.2) is 5.69 Å². The van der Waals surface area contributed by atoms with E-state index in [0.29, 0.717) is 19.6 Å². The molecule has 7 nitrogen and oxygen atoms in total. The number of nitrogens with zero attached hydrogens (tertiary/aromatic N) is 4. The summed E-state index contributed by atoms with van der Waals surface area (Å²) in [6.45, 7) is 1.48. The van der Waals surface area contributed by atoms with Crippen molar-refractivity contribution in [1.29, 1.82) is 0 Å². The van der Waals surface area contributed by atoms with Gasteiger partial charge in [-0.2, -0.15) is 0 Å². The van der Waals surface area contributed by atoms with Crippen LogP contribution in [0.4, 0.5) is 0 Å². The predicted molar refractivity (Wildman–Crippen MR) is 68.2 cm³/mol. The van der Waals surface area contributed by atoms with E-state index in [9.17, 15) is 9.59 Å². The third kappa shape index (κ3) is 2.03. The molecule has 1 amide bonds. The Hall–Kier alpha value is -2.70. The highest BCUT2D eigenvalue weighted by atomic mass is 16.4. The van der Waals surface area contributed by atoms with Gasteiger partial charge in [-0.15, -0.1) is 0 Å². The SMILES string of the molecule is O=C(O)c1ncn2c1C(=O)N(Cc1cccnc1)CC2. The minimum absolute atomic E-state index is 0.146. The third-order valence-corrected chi connectivity index (χ3v) is 3.24. The Morgan fingerprint density at radius 3 is 2.95 bits per heavy atom. The molecular formula is C13H12N4O3. The second kappa shape index (κ2) is 4.76. The molecule has 0 unspecified atom stereocenters. The van der Waals surface area contributed by atoms with Crippen LogP contribution in [0.15, 0.2) is 30.9 Å². The van der Waals surface area contributed by atoms with Crippen molar-refractivity contribution in [3.8, 4) is 0 Å². The molecule has 1 aliphatic heterocycles. The van der Waals surface area contributed by atoms with E-state index in [1.165, 1.54) is 6.33 Å². The van der Waals surface area contributed by atoms with E-state index < -0.39 is 5.97 Å². The Bertz CT molecular complexity index is 666. The molecule has 3 heterocycles. The number of fused-ring (bicyclic) bond motifs is 1. The molecule has 0 saturated heterocycles. The number of hydrogen-bond acceptors (Lipinski definition) is 4. The van der Waals surface area contributed by atoms with Gasteiger partial charge >= 0.3 is 5.97 Å². The zero-order valence-corrected chi connectivity index (χ0v) is 10.6. The van der Waals surface area contributed by atoms with E-state index in [2.05, 4.69) is 9.97 Å². The van der Waals surface area contributed by atoms with Gasteiger partial charge in [-0.25, -0.2) is 9.78 Å². The summed E-state index contributed by atoms with van der Waals surface area (Å²) in [5, 5.41) is 9.07. The van der Waals surface area contributed by atoms with E-state index >= 15 is 0 Å². The van der Waals surface area contributed by atoms with Crippen LogP contribution in [0.3, 0.4) is 0 Å². The topological polar surface area (TPSA) is 88.3 Å². The molecule has 2 aromatic heterocycles. The van der Waals surface area contributed by atoms with Crippen LogP contribution in [0.1, 0.15) is 26.5 Å². The zero-order chi connectivity index (χ0) is 14.1. The molecule has 0 radical (unpaired) electrons. The van der Waals surface area contributed by atoms with Gasteiger partial charge in [-0.3, -0.25) is 9.78 Å². The monoisotopic (exact) mass is 272 g/mol. The molecule has 1 aliphatic rings. The van der Waals surface area contributed by atoms with E-state index in [4.69, 9.17) is 5.11 Å². The minimum atomic E-state index is -1.18. The van der Waals surface area contributed by atoms with E-state index in [1.54, 1.807) is 27.9 Å². The fourth-order valence-corrected chi connectivity index (χ4v) is 2.28. The van der Waals surface area contributed by atoms with Crippen LogP contribution in [-0.4, -0.2) is 43.0 Å². The lowest BCUT2D eigenvalue weighted by atomic mass is 10.2. The van der Waals surface area contributed by atoms with Gasteiger partial charge in [0.1, 0.15) is 5.69 Å². The molecule has 7 heteroatoms. The van der Waals surface area contributed by atoms with Crippen LogP contribution in [0.25, 0.3) is 0 Å². The highest BCUT2D eigenvalue weighted by Crippen LogP contribution is 2.18. The summed E-state index contributed by atoms with van der Waals surface area (Å²) in [5.74, 6) is -1.50. The largest absolute Gasteiger partial charge is 0.476 e. The number of aromatic nitrogens is 3. The number of carboxylic acid groups (broad SMARTS) is 1. The normalized spacial score (nSPS) is 14.2. The van der Waals surface area contributed by atoms with Crippen LogP contribution in [0.2, 0.25) is 0 Å². The molecule has 0 atom stereocenters. The van der Waals surface area contributed by atoms with Crippen molar-refractivity contribution in [3.63, 3.8) is 0 Å². The van der Waals surface area contributed by atoms with E-state index in [1.807, 2.05) is 6.07 Å². The molecule has 3 rings (SSSR count). The molecule has 0 fully saturated rings. The fourth-order valence-electron chi connectivity index (χ4n) is 2.28. The van der Waals surface area contributed by atoms with Crippen LogP contribution in [0, 0.1) is 0 Å². The molecule has 0 aliphatic carbocycles. The summed E-state index contributed by atoms with van der Waals surface area (Å²) in [6.07, 6.45) is 4.76. The maximum atomic E-state index is 12.4. The number of pyridine rings is 1. The van der Waals surface area contributed by atoms with E-state index in [0.717, 1.165) is 5.56 Å². The average molecular weight is 272 g/mol. The van der Waals surface area contributed by atoms with Crippen LogP contribution < -0.4 is 0 Å². The molecule has 0 spiro atoms. The lowest BCUT2D eigenvalue weighted by Crippen LogP contribution is -2.40. The molecule has 102 valence electrons. The maximum absolute atomic E-state index is 12.4. The predicted octanol–water partition coefficient (Wildman–Crippen LogP) is 0.632. The summed E-state index contributed by atoms with van der Waals surface area (Å²) in [5.41, 5.74) is 0.865. The quantitative estimate of drug-likeness (QED) is 0.885. The van der Waals surface area contributed by atoms with Gasteiger partial charge in [-0.1, -0.05) is 6.07 Å². The highest BCUT2D eigenvalue weighted by molar-refractivity contribution is 6.02. The number of amides is 1. The third-order valence-electron chi connectivity index (χ3n) is 3.24. The number of rotatable bonds is 3. The number of aromatic carboxylic acids is 1. The van der Waals surface area contributed by atoms with Crippen molar-refractivity contribution in [2.45, 2.75) is 13.1 Å². The van der Waals surface area contributed by atoms with Crippen molar-refractivity contribution in [1.82, 2.24) is 19.4 Å². The second-order valence-electron chi connectivity index (χ2n) is 4.53. The molecule has 0 bridgehead atoms. The number of carbonyl (C=O) groups excluding carboxylic acids is 1. The van der Waals surface area contributed by atoms with Crippen molar-refractivity contribution in [2.24, 2.45) is 0 Å². The molecular weight excluding hydrogens is 260 g/mol. The summed E-state index contributed by atoms with van der Waals surface area (Å²) in [4.78, 5) is 32.9. The summed E-state index contributed by atoms with van der Waals surface area (Å²) < 4.78 is 1.59. The number of imidazole rings is 1. The maximum Gasteiger partial charge on any atom is 0.356 e. The Balaban J connectivity index is 1.89. The Morgan fingerprint density at radius 1 is 1.40 bits per heavy atom. The van der Waals surface area contributed by atoms with Crippen molar-refractivity contribution >= 4 is 11.9 Å². The molecule has 0 saturated carbocycles. The number of hydrogen-bond donors (Lipinski definition) is 1. The van der Waals surface area contributed by atoms with Gasteiger partial charge in [-0.05, 0) is 11.6 Å². The Morgan fingerprint density at radius 2 is 2.25 bits per heavy atom. The van der Waals surface area contributed by atoms with Gasteiger partial charge < -0.3 is 14.6 Å². The first-order chi connectivity index (χ1) is 9.66. The van der Waals surface area contributed by atoms with E-state index in [-0.39, 0.29) is 17.3 Å². The lowest BCUT2D eigenvalue weighted by molar-refractivity contribution is 0.0643. The smallest absolute Gasteiger partial charge is 0.356 e. The number of carboxylic acids is 1. The Labute approximate surface area is 114 Å². The lowest BCUT2D eigenvalue weighted by Gasteiger charge is -2.28. The first-order valence-electron chi connectivity index (χ1n) is 6.13. The fraction of sp³-hybridized carbons (Fsp3) is 0.231. The minimum Gasteiger partial charge on any atom is -0.476 e. The average Bonchev–Trinajstić information content (AvgIpc) is 2.88. The Kier molecular flexibility index (Phi) is 2.94. The summed E-state index contributed by atoms with van der Waals surface area (Å²) in [6, 6.07) is 3.68. The van der Waals surface area contributed by atoms with Crippen LogP contribution in [-0.2, 0) is 13.1 Å². The van der Waals surface area contributed by atoms with Crippen LogP contribution in [0.5, 0.6) is 0 Å². The van der Waals surface area contributed by atoms with Crippen LogP contribution >= 0.6 is 0 Å². The van der Waals surface area contributed by atoms with Gasteiger partial charge in [0, 0.05) is 32.0 Å². The first kappa shape index (κ1) is 12.3.